The predicted molar refractivity (Wildman–Crippen MR) is 70.1 cm³/mol. The molecule has 1 aromatic carbocycles. The van der Waals surface area contributed by atoms with Crippen LogP contribution in [0.3, 0.4) is 0 Å². The molecule has 98 valence electrons. The molecule has 0 heterocycles. The van der Waals surface area contributed by atoms with Crippen molar-refractivity contribution in [2.75, 3.05) is 6.54 Å². The fraction of sp³-hybridized carbons (Fsp3) is 0.538. The van der Waals surface area contributed by atoms with Gasteiger partial charge in [0.15, 0.2) is 0 Å². The van der Waals surface area contributed by atoms with E-state index in [0.717, 1.165) is 5.56 Å². The van der Waals surface area contributed by atoms with Crippen LogP contribution in [-0.2, 0) is 0 Å². The molecule has 0 fully saturated rings. The van der Waals surface area contributed by atoms with Crippen molar-refractivity contribution in [1.29, 1.82) is 0 Å². The third-order valence-electron chi connectivity index (χ3n) is 2.87. The maximum Gasteiger partial charge on any atom is 0.105 e. The second-order valence-electron chi connectivity index (χ2n) is 4.58. The molecule has 5 nitrogen and oxygen atoms in total. The molecule has 0 aliphatic rings. The second-order valence-corrected chi connectivity index (χ2v) is 4.58. The third kappa shape index (κ3) is 4.04. The van der Waals surface area contributed by atoms with Crippen LogP contribution in [0.2, 0.25) is 0 Å². The number of rotatable bonds is 6. The number of nitrogens with zero attached hydrogens (tertiary/aromatic N) is 3. The molecule has 2 atom stereocenters. The lowest BCUT2D eigenvalue weighted by molar-refractivity contribution is 0.0150. The quantitative estimate of drug-likeness (QED) is 0.461. The van der Waals surface area contributed by atoms with E-state index in [2.05, 4.69) is 23.9 Å². The Morgan fingerprint density at radius 2 is 1.94 bits per heavy atom. The minimum Gasteiger partial charge on any atom is -0.390 e. The Bertz CT molecular complexity index is 428. The highest BCUT2D eigenvalue weighted by molar-refractivity contribution is 5.27. The van der Waals surface area contributed by atoms with E-state index >= 15 is 0 Å². The van der Waals surface area contributed by atoms with E-state index in [1.807, 2.05) is 18.2 Å². The Morgan fingerprint density at radius 1 is 1.28 bits per heavy atom. The first-order chi connectivity index (χ1) is 8.56. The van der Waals surface area contributed by atoms with E-state index in [1.165, 1.54) is 0 Å². The highest BCUT2D eigenvalue weighted by Gasteiger charge is 2.18. The van der Waals surface area contributed by atoms with Gasteiger partial charge in [-0.25, -0.2) is 0 Å². The summed E-state index contributed by atoms with van der Waals surface area (Å²) in [7, 11) is 0. The van der Waals surface area contributed by atoms with Crippen LogP contribution in [0.1, 0.15) is 43.4 Å². The average molecular weight is 249 g/mol. The van der Waals surface area contributed by atoms with E-state index in [9.17, 15) is 10.2 Å². The molecule has 1 rings (SSSR count). The fourth-order valence-corrected chi connectivity index (χ4v) is 1.72. The molecule has 5 heteroatoms. The van der Waals surface area contributed by atoms with Gasteiger partial charge in [0.25, 0.3) is 0 Å². The van der Waals surface area contributed by atoms with Crippen LogP contribution >= 0.6 is 0 Å². The van der Waals surface area contributed by atoms with Crippen molar-refractivity contribution in [3.05, 3.63) is 45.8 Å². The van der Waals surface area contributed by atoms with Gasteiger partial charge in [0.2, 0.25) is 0 Å². The van der Waals surface area contributed by atoms with E-state index < -0.39 is 12.2 Å². The molecule has 0 amide bonds. The first-order valence-corrected chi connectivity index (χ1v) is 6.03. The number of azide groups is 1. The van der Waals surface area contributed by atoms with Crippen molar-refractivity contribution in [2.24, 2.45) is 5.11 Å². The Hall–Kier alpha value is -1.55. The first-order valence-electron chi connectivity index (χ1n) is 6.03. The van der Waals surface area contributed by atoms with Crippen molar-refractivity contribution in [2.45, 2.75) is 38.4 Å². The SMILES string of the molecule is CC(C)c1cccc(C(O)C(O)CCN=[N+]=[N-])c1. The van der Waals surface area contributed by atoms with Crippen molar-refractivity contribution < 1.29 is 10.2 Å². The number of benzene rings is 1. The third-order valence-corrected chi connectivity index (χ3v) is 2.87. The minimum absolute atomic E-state index is 0.179. The summed E-state index contributed by atoms with van der Waals surface area (Å²) in [5.74, 6) is 0.373. The van der Waals surface area contributed by atoms with Crippen molar-refractivity contribution >= 4 is 0 Å². The smallest absolute Gasteiger partial charge is 0.105 e. The summed E-state index contributed by atoms with van der Waals surface area (Å²) in [6, 6.07) is 7.54. The van der Waals surface area contributed by atoms with Gasteiger partial charge in [-0.15, -0.1) is 0 Å². The Kier molecular flexibility index (Phi) is 5.65. The van der Waals surface area contributed by atoms with Crippen LogP contribution in [0.4, 0.5) is 0 Å². The molecule has 0 aromatic heterocycles. The van der Waals surface area contributed by atoms with E-state index in [0.29, 0.717) is 11.5 Å². The fourth-order valence-electron chi connectivity index (χ4n) is 1.72. The highest BCUT2D eigenvalue weighted by Crippen LogP contribution is 2.23. The summed E-state index contributed by atoms with van der Waals surface area (Å²) in [5.41, 5.74) is 9.96. The Balaban J connectivity index is 2.73. The minimum atomic E-state index is -0.947. The molecular weight excluding hydrogens is 230 g/mol. The molecule has 0 aliphatic heterocycles. The van der Waals surface area contributed by atoms with Gasteiger partial charge in [-0.3, -0.25) is 0 Å². The van der Waals surface area contributed by atoms with E-state index in [-0.39, 0.29) is 13.0 Å². The standard InChI is InChI=1S/C13H19N3O2/c1-9(2)10-4-3-5-11(8-10)13(18)12(17)6-7-15-16-14/h3-5,8-9,12-13,17-18H,6-7H2,1-2H3. The molecule has 0 bridgehead atoms. The average Bonchev–Trinajstić information content (AvgIpc) is 2.38. The number of aliphatic hydroxyl groups excluding tert-OH is 2. The monoisotopic (exact) mass is 249 g/mol. The number of hydrogen-bond acceptors (Lipinski definition) is 3. The molecule has 2 unspecified atom stereocenters. The van der Waals surface area contributed by atoms with Crippen LogP contribution in [-0.4, -0.2) is 22.9 Å². The van der Waals surface area contributed by atoms with Gasteiger partial charge in [0.05, 0.1) is 6.10 Å². The zero-order chi connectivity index (χ0) is 13.5. The maximum absolute atomic E-state index is 10.0. The zero-order valence-electron chi connectivity index (χ0n) is 10.7. The topological polar surface area (TPSA) is 89.2 Å². The largest absolute Gasteiger partial charge is 0.390 e. The van der Waals surface area contributed by atoms with Gasteiger partial charge in [0.1, 0.15) is 6.10 Å². The van der Waals surface area contributed by atoms with Crippen molar-refractivity contribution in [1.82, 2.24) is 0 Å². The number of aliphatic hydroxyl groups is 2. The Labute approximate surface area is 107 Å². The van der Waals surface area contributed by atoms with Gasteiger partial charge in [-0.05, 0) is 29.0 Å². The van der Waals surface area contributed by atoms with Crippen LogP contribution in [0.25, 0.3) is 10.4 Å². The van der Waals surface area contributed by atoms with Gasteiger partial charge in [-0.2, -0.15) is 0 Å². The lowest BCUT2D eigenvalue weighted by Crippen LogP contribution is -2.19. The molecular formula is C13H19N3O2. The molecule has 0 aliphatic carbocycles. The maximum atomic E-state index is 10.0. The molecule has 18 heavy (non-hydrogen) atoms. The van der Waals surface area contributed by atoms with E-state index in [4.69, 9.17) is 5.53 Å². The van der Waals surface area contributed by atoms with Crippen LogP contribution in [0.15, 0.2) is 29.4 Å². The van der Waals surface area contributed by atoms with Crippen molar-refractivity contribution in [3.63, 3.8) is 0 Å². The second kappa shape index (κ2) is 7.01. The summed E-state index contributed by atoms with van der Waals surface area (Å²) < 4.78 is 0. The van der Waals surface area contributed by atoms with Crippen LogP contribution in [0.5, 0.6) is 0 Å². The lowest BCUT2D eigenvalue weighted by atomic mass is 9.96. The summed E-state index contributed by atoms with van der Waals surface area (Å²) in [6.07, 6.45) is -1.62. The van der Waals surface area contributed by atoms with Gasteiger partial charge >= 0.3 is 0 Å². The normalized spacial score (nSPS) is 14.1. The van der Waals surface area contributed by atoms with Crippen LogP contribution in [0, 0.1) is 0 Å². The van der Waals surface area contributed by atoms with Crippen LogP contribution < -0.4 is 0 Å². The molecule has 0 saturated heterocycles. The molecule has 0 saturated carbocycles. The van der Waals surface area contributed by atoms with Gasteiger partial charge < -0.3 is 10.2 Å². The lowest BCUT2D eigenvalue weighted by Gasteiger charge is -2.18. The number of hydrogen-bond donors (Lipinski definition) is 2. The highest BCUT2D eigenvalue weighted by atomic mass is 16.3. The Morgan fingerprint density at radius 3 is 2.56 bits per heavy atom. The summed E-state index contributed by atoms with van der Waals surface area (Å²) in [6.45, 7) is 4.33. The first kappa shape index (κ1) is 14.5. The van der Waals surface area contributed by atoms with Gasteiger partial charge in [-0.1, -0.05) is 43.2 Å². The molecule has 0 spiro atoms. The van der Waals surface area contributed by atoms with Crippen molar-refractivity contribution in [3.8, 4) is 0 Å². The molecule has 1 aromatic rings. The van der Waals surface area contributed by atoms with Gasteiger partial charge in [0, 0.05) is 11.5 Å². The molecule has 0 radical (unpaired) electrons. The molecule has 2 N–H and O–H groups in total. The predicted octanol–water partition coefficient (Wildman–Crippen LogP) is 2.90. The zero-order valence-corrected chi connectivity index (χ0v) is 10.7. The van der Waals surface area contributed by atoms with E-state index in [1.54, 1.807) is 6.07 Å². The summed E-state index contributed by atoms with van der Waals surface area (Å²) >= 11 is 0. The summed E-state index contributed by atoms with van der Waals surface area (Å²) in [5, 5.41) is 23.1. The summed E-state index contributed by atoms with van der Waals surface area (Å²) in [4.78, 5) is 2.61.